The van der Waals surface area contributed by atoms with E-state index >= 15 is 0 Å². The number of aromatic nitrogens is 2. The Morgan fingerprint density at radius 3 is 2.34 bits per heavy atom. The van der Waals surface area contributed by atoms with Crippen LogP contribution in [-0.2, 0) is 4.74 Å². The van der Waals surface area contributed by atoms with Gasteiger partial charge in [0.25, 0.3) is 0 Å². The van der Waals surface area contributed by atoms with E-state index < -0.39 is 5.60 Å². The molecule has 2 aromatic carbocycles. The summed E-state index contributed by atoms with van der Waals surface area (Å²) < 4.78 is 5.42. The Kier molecular flexibility index (Phi) is 7.14. The van der Waals surface area contributed by atoms with Crippen molar-refractivity contribution in [2.45, 2.75) is 82.9 Å². The van der Waals surface area contributed by atoms with Gasteiger partial charge in [-0.2, -0.15) is 0 Å². The molecule has 41 heavy (non-hydrogen) atoms. The molecule has 8 heteroatoms. The highest BCUT2D eigenvalue weighted by atomic mass is 16.6. The lowest BCUT2D eigenvalue weighted by molar-refractivity contribution is -0.101. The van der Waals surface area contributed by atoms with Gasteiger partial charge in [-0.25, -0.2) is 4.79 Å². The quantitative estimate of drug-likeness (QED) is 0.348. The van der Waals surface area contributed by atoms with Crippen molar-refractivity contribution in [3.8, 4) is 28.1 Å². The number of benzene rings is 2. The van der Waals surface area contributed by atoms with E-state index in [0.717, 1.165) is 36.8 Å². The predicted molar refractivity (Wildman–Crippen MR) is 160 cm³/mol. The van der Waals surface area contributed by atoms with Gasteiger partial charge in [-0.3, -0.25) is 4.90 Å². The number of ether oxygens (including phenoxy) is 1. The summed E-state index contributed by atoms with van der Waals surface area (Å²) in [5.41, 5.74) is 10.6. The Balaban J connectivity index is 0.995. The molecule has 0 unspecified atom stereocenters. The van der Waals surface area contributed by atoms with Crippen molar-refractivity contribution < 1.29 is 14.6 Å². The molecule has 4 N–H and O–H groups in total. The molecule has 6 rings (SSSR count). The summed E-state index contributed by atoms with van der Waals surface area (Å²) in [5.74, 6) is 1.15. The van der Waals surface area contributed by atoms with Crippen LogP contribution >= 0.6 is 0 Å². The van der Waals surface area contributed by atoms with E-state index in [-0.39, 0.29) is 17.9 Å². The molecule has 2 heterocycles. The second-order valence-electron chi connectivity index (χ2n) is 13.3. The minimum Gasteiger partial charge on any atom is -0.507 e. The van der Waals surface area contributed by atoms with E-state index in [9.17, 15) is 9.90 Å². The Labute approximate surface area is 242 Å². The number of nitrogens with two attached hydrogens (primary N) is 1. The number of para-hydroxylation sites is 1. The van der Waals surface area contributed by atoms with Gasteiger partial charge >= 0.3 is 6.09 Å². The molecule has 8 nitrogen and oxygen atoms in total. The fourth-order valence-corrected chi connectivity index (χ4v) is 7.00. The highest BCUT2D eigenvalue weighted by molar-refractivity contribution is 5.79. The molecular weight excluding hydrogens is 514 g/mol. The van der Waals surface area contributed by atoms with Crippen molar-refractivity contribution in [2.75, 3.05) is 18.8 Å². The third kappa shape index (κ3) is 5.89. The molecule has 1 spiro atoms. The number of nitrogen functional groups attached to an aromatic ring is 1. The largest absolute Gasteiger partial charge is 0.507 e. The fourth-order valence-electron chi connectivity index (χ4n) is 7.00. The average molecular weight is 556 g/mol. The minimum absolute atomic E-state index is 0.171. The number of anilines is 1. The topological polar surface area (TPSA) is 114 Å². The highest BCUT2D eigenvalue weighted by Gasteiger charge is 2.53. The van der Waals surface area contributed by atoms with E-state index in [4.69, 9.17) is 10.5 Å². The summed E-state index contributed by atoms with van der Waals surface area (Å²) in [4.78, 5) is 14.8. The van der Waals surface area contributed by atoms with Crippen molar-refractivity contribution in [1.82, 2.24) is 20.4 Å². The molecule has 3 aliphatic rings. The Bertz CT molecular complexity index is 1400. The molecular formula is C33H41N5O3. The maximum atomic E-state index is 12.1. The minimum atomic E-state index is -0.459. The van der Waals surface area contributed by atoms with Crippen LogP contribution in [0.15, 0.2) is 54.6 Å². The van der Waals surface area contributed by atoms with Crippen LogP contribution in [-0.4, -0.2) is 57.1 Å². The highest BCUT2D eigenvalue weighted by Crippen LogP contribution is 2.57. The molecule has 3 aromatic rings. The molecule has 1 amide bonds. The van der Waals surface area contributed by atoms with Crippen molar-refractivity contribution in [3.63, 3.8) is 0 Å². The Morgan fingerprint density at radius 1 is 1.00 bits per heavy atom. The van der Waals surface area contributed by atoms with Crippen LogP contribution in [0.3, 0.4) is 0 Å². The number of carbonyl (C=O) groups is 1. The van der Waals surface area contributed by atoms with Crippen LogP contribution in [0.5, 0.6) is 5.75 Å². The number of alkyl carbamates (subject to hydrolysis) is 1. The molecule has 1 aliphatic heterocycles. The third-order valence-corrected chi connectivity index (χ3v) is 9.07. The molecule has 0 bridgehead atoms. The van der Waals surface area contributed by atoms with Crippen LogP contribution < -0.4 is 11.1 Å². The number of rotatable bonds is 5. The lowest BCUT2D eigenvalue weighted by Gasteiger charge is -2.62. The zero-order valence-electron chi connectivity index (χ0n) is 24.3. The average Bonchev–Trinajstić information content (AvgIpc) is 2.88. The number of aromatic hydroxyl groups is 1. The second kappa shape index (κ2) is 10.6. The number of likely N-dealkylation sites (tertiary alicyclic amines) is 1. The van der Waals surface area contributed by atoms with Gasteiger partial charge in [0.1, 0.15) is 11.4 Å². The Morgan fingerprint density at radius 2 is 1.68 bits per heavy atom. The van der Waals surface area contributed by atoms with Gasteiger partial charge in [-0.15, -0.1) is 10.2 Å². The van der Waals surface area contributed by atoms with Crippen molar-refractivity contribution in [3.05, 3.63) is 60.2 Å². The molecule has 3 fully saturated rings. The number of hydrogen-bond acceptors (Lipinski definition) is 7. The van der Waals surface area contributed by atoms with Crippen molar-refractivity contribution >= 4 is 11.9 Å². The van der Waals surface area contributed by atoms with E-state index in [1.807, 2.05) is 39.0 Å². The normalized spacial score (nSPS) is 22.5. The smallest absolute Gasteiger partial charge is 0.407 e. The summed E-state index contributed by atoms with van der Waals surface area (Å²) >= 11 is 0. The number of nitrogens with one attached hydrogen (secondary N) is 1. The summed E-state index contributed by atoms with van der Waals surface area (Å²) in [6, 6.07) is 18.6. The molecule has 0 radical (unpaired) electrons. The summed E-state index contributed by atoms with van der Waals surface area (Å²) in [6.07, 6.45) is 6.52. The fraction of sp³-hybridized carbons (Fsp3) is 0.485. The first-order valence-electron chi connectivity index (χ1n) is 14.8. The van der Waals surface area contributed by atoms with Gasteiger partial charge in [-0.1, -0.05) is 36.4 Å². The molecule has 2 saturated carbocycles. The molecule has 1 saturated heterocycles. The van der Waals surface area contributed by atoms with Crippen molar-refractivity contribution in [1.29, 1.82) is 0 Å². The van der Waals surface area contributed by atoms with Crippen LogP contribution in [0.1, 0.15) is 70.8 Å². The maximum absolute atomic E-state index is 12.1. The number of amides is 1. The first-order chi connectivity index (χ1) is 19.6. The van der Waals surface area contributed by atoms with Crippen LogP contribution in [0, 0.1) is 5.41 Å². The number of hydrogen-bond donors (Lipinski definition) is 3. The molecule has 0 atom stereocenters. The summed E-state index contributed by atoms with van der Waals surface area (Å²) in [6.45, 7) is 8.09. The monoisotopic (exact) mass is 555 g/mol. The van der Waals surface area contributed by atoms with Crippen LogP contribution in [0.25, 0.3) is 22.4 Å². The number of phenolic OH excluding ortho intramolecular Hbond substituents is 1. The van der Waals surface area contributed by atoms with Gasteiger partial charge in [0.05, 0.1) is 5.69 Å². The molecule has 1 aromatic heterocycles. The lowest BCUT2D eigenvalue weighted by atomic mass is 9.55. The maximum Gasteiger partial charge on any atom is 0.407 e. The third-order valence-electron chi connectivity index (χ3n) is 9.07. The zero-order valence-corrected chi connectivity index (χ0v) is 24.3. The SMILES string of the molecule is CC(C)(C)OC(=O)NC1CCC(N2CC3(CC(c4ccc(-c5cc(-c6ccccc6O)nnc5N)cc4)C3)C2)CC1. The standard InChI is InChI=1S/C33H41N5O3/c1-32(2,3)41-31(40)35-24-12-14-25(15-13-24)38-19-33(20-38)17-23(18-33)21-8-10-22(11-9-21)27-16-28(36-37-30(27)34)26-6-4-5-7-29(26)39/h4-11,16,23-25,39H,12-15,17-20H2,1-3H3,(H2,34,37)(H,35,40). The van der Waals surface area contributed by atoms with Crippen molar-refractivity contribution in [2.24, 2.45) is 5.41 Å². The zero-order chi connectivity index (χ0) is 28.8. The Hall–Kier alpha value is -3.65. The van der Waals surface area contributed by atoms with Gasteiger partial charge in [0.15, 0.2) is 5.82 Å². The first kappa shape index (κ1) is 27.5. The van der Waals surface area contributed by atoms with Crippen LogP contribution in [0.4, 0.5) is 10.6 Å². The predicted octanol–water partition coefficient (Wildman–Crippen LogP) is 6.11. The molecule has 2 aliphatic carbocycles. The number of nitrogens with zero attached hydrogens (tertiary/aromatic N) is 3. The van der Waals surface area contributed by atoms with Crippen LogP contribution in [0.2, 0.25) is 0 Å². The van der Waals surface area contributed by atoms with Gasteiger partial charge in [0.2, 0.25) is 0 Å². The van der Waals surface area contributed by atoms with E-state index in [1.165, 1.54) is 31.5 Å². The van der Waals surface area contributed by atoms with E-state index in [0.29, 0.717) is 34.4 Å². The lowest BCUT2D eigenvalue weighted by Crippen LogP contribution is -2.64. The van der Waals surface area contributed by atoms with E-state index in [1.54, 1.807) is 12.1 Å². The van der Waals surface area contributed by atoms with Gasteiger partial charge in [-0.05, 0) is 100.0 Å². The number of carbonyl (C=O) groups excluding carboxylic acids is 1. The molecule has 216 valence electrons. The summed E-state index contributed by atoms with van der Waals surface area (Å²) in [5, 5.41) is 21.7. The van der Waals surface area contributed by atoms with Gasteiger partial charge < -0.3 is 20.9 Å². The number of phenols is 1. The first-order valence-corrected chi connectivity index (χ1v) is 14.8. The second-order valence-corrected chi connectivity index (χ2v) is 13.3. The van der Waals surface area contributed by atoms with E-state index in [2.05, 4.69) is 44.7 Å². The summed E-state index contributed by atoms with van der Waals surface area (Å²) in [7, 11) is 0. The van der Waals surface area contributed by atoms with Gasteiger partial charge in [0, 0.05) is 36.3 Å².